The molecule has 1 aromatic carbocycles. The molecule has 4 heteroatoms. The third-order valence-corrected chi connectivity index (χ3v) is 3.98. The molecule has 1 aliphatic carbocycles. The largest absolute Gasteiger partial charge is 0.444 e. The first-order valence-electron chi connectivity index (χ1n) is 6.66. The zero-order valence-electron chi connectivity index (χ0n) is 10.9. The highest BCUT2D eigenvalue weighted by Crippen LogP contribution is 2.49. The molecule has 1 heterocycles. The number of rotatable bonds is 3. The number of nitrogens with zero attached hydrogens (tertiary/aromatic N) is 2. The van der Waals surface area contributed by atoms with Crippen LogP contribution in [0.3, 0.4) is 0 Å². The van der Waals surface area contributed by atoms with Crippen LogP contribution in [0.25, 0.3) is 4.85 Å². The molecule has 1 amide bonds. The average Bonchev–Trinajstić information content (AvgIpc) is 3.16. The van der Waals surface area contributed by atoms with Crippen LogP contribution in [0.4, 0.5) is 10.5 Å². The fraction of sp³-hybridized carbons (Fsp3) is 0.467. The van der Waals surface area contributed by atoms with Gasteiger partial charge in [-0.25, -0.2) is 11.4 Å². The van der Waals surface area contributed by atoms with Gasteiger partial charge in [0.05, 0.1) is 6.54 Å². The number of amides is 1. The fourth-order valence-corrected chi connectivity index (χ4v) is 2.48. The summed E-state index contributed by atoms with van der Waals surface area (Å²) in [5, 5.41) is 0. The second kappa shape index (κ2) is 4.27. The van der Waals surface area contributed by atoms with Gasteiger partial charge < -0.3 is 9.58 Å². The van der Waals surface area contributed by atoms with E-state index in [-0.39, 0.29) is 17.7 Å². The fourth-order valence-electron chi connectivity index (χ4n) is 2.48. The molecule has 1 saturated heterocycles. The second-order valence-corrected chi connectivity index (χ2v) is 5.21. The molecule has 1 aromatic rings. The van der Waals surface area contributed by atoms with Crippen molar-refractivity contribution in [2.24, 2.45) is 0 Å². The molecular weight excluding hydrogens is 240 g/mol. The lowest BCUT2D eigenvalue weighted by Gasteiger charge is -2.13. The lowest BCUT2D eigenvalue weighted by atomic mass is 10.1. The summed E-state index contributed by atoms with van der Waals surface area (Å²) in [5.41, 5.74) is 1.63. The van der Waals surface area contributed by atoms with E-state index in [1.165, 1.54) is 0 Å². The number of hydrogen-bond donors (Lipinski definition) is 0. The molecule has 1 aliphatic heterocycles. The molecule has 0 unspecified atom stereocenters. The van der Waals surface area contributed by atoms with E-state index in [0.717, 1.165) is 30.5 Å². The van der Waals surface area contributed by atoms with Gasteiger partial charge in [-0.15, -0.1) is 0 Å². The summed E-state index contributed by atoms with van der Waals surface area (Å²) in [6.45, 7) is 9.87. The number of hydrogen-bond acceptors (Lipinski definition) is 2. The zero-order valence-corrected chi connectivity index (χ0v) is 10.9. The van der Waals surface area contributed by atoms with E-state index in [2.05, 4.69) is 4.85 Å². The standard InChI is InChI=1S/C15H16N2O2/c1-3-13-10-17(14(18)19-13)12-6-4-11(5-7-12)15(16-2)8-9-15/h4-7,13H,3,8-10H2,1H3/t13-/m0/s1. The molecule has 2 aliphatic rings. The van der Waals surface area contributed by atoms with Crippen molar-refractivity contribution in [3.05, 3.63) is 41.2 Å². The Morgan fingerprint density at radius 2 is 2.11 bits per heavy atom. The van der Waals surface area contributed by atoms with Gasteiger partial charge in [0.15, 0.2) is 0 Å². The Kier molecular flexibility index (Phi) is 2.70. The Hall–Kier alpha value is -2.02. The predicted molar refractivity (Wildman–Crippen MR) is 71.9 cm³/mol. The number of ether oxygens (including phenoxy) is 1. The summed E-state index contributed by atoms with van der Waals surface area (Å²) in [6, 6.07) is 7.76. The Morgan fingerprint density at radius 3 is 2.58 bits per heavy atom. The van der Waals surface area contributed by atoms with Crippen molar-refractivity contribution in [2.45, 2.75) is 37.8 Å². The first-order valence-corrected chi connectivity index (χ1v) is 6.66. The van der Waals surface area contributed by atoms with Crippen molar-refractivity contribution < 1.29 is 9.53 Å². The van der Waals surface area contributed by atoms with Crippen molar-refractivity contribution in [2.75, 3.05) is 11.4 Å². The molecule has 2 fully saturated rings. The van der Waals surface area contributed by atoms with Crippen LogP contribution in [0.15, 0.2) is 24.3 Å². The van der Waals surface area contributed by atoms with Gasteiger partial charge in [-0.1, -0.05) is 6.92 Å². The van der Waals surface area contributed by atoms with Crippen molar-refractivity contribution in [1.82, 2.24) is 0 Å². The van der Waals surface area contributed by atoms with Crippen LogP contribution in [-0.2, 0) is 10.3 Å². The van der Waals surface area contributed by atoms with Crippen LogP contribution >= 0.6 is 0 Å². The molecular formula is C15H16N2O2. The van der Waals surface area contributed by atoms with E-state index in [1.807, 2.05) is 31.2 Å². The summed E-state index contributed by atoms with van der Waals surface area (Å²) >= 11 is 0. The minimum atomic E-state index is -0.282. The van der Waals surface area contributed by atoms with Gasteiger partial charge in [0.1, 0.15) is 6.10 Å². The topological polar surface area (TPSA) is 33.9 Å². The number of carbonyl (C=O) groups is 1. The molecule has 4 nitrogen and oxygen atoms in total. The second-order valence-electron chi connectivity index (χ2n) is 5.21. The first kappa shape index (κ1) is 12.0. The van der Waals surface area contributed by atoms with Crippen molar-refractivity contribution in [3.63, 3.8) is 0 Å². The Morgan fingerprint density at radius 1 is 1.42 bits per heavy atom. The van der Waals surface area contributed by atoms with Gasteiger partial charge in [-0.3, -0.25) is 4.90 Å². The number of benzene rings is 1. The van der Waals surface area contributed by atoms with E-state index in [4.69, 9.17) is 11.3 Å². The molecule has 0 radical (unpaired) electrons. The van der Waals surface area contributed by atoms with E-state index < -0.39 is 0 Å². The van der Waals surface area contributed by atoms with Gasteiger partial charge in [-0.05, 0) is 30.7 Å². The normalized spacial score (nSPS) is 23.9. The van der Waals surface area contributed by atoms with Crippen LogP contribution < -0.4 is 4.90 Å². The molecule has 1 saturated carbocycles. The Bertz CT molecular complexity index is 540. The summed E-state index contributed by atoms with van der Waals surface area (Å²) in [7, 11) is 0. The molecule has 1 atom stereocenters. The van der Waals surface area contributed by atoms with Gasteiger partial charge >= 0.3 is 6.09 Å². The van der Waals surface area contributed by atoms with Gasteiger partial charge in [0, 0.05) is 24.1 Å². The van der Waals surface area contributed by atoms with Crippen molar-refractivity contribution in [1.29, 1.82) is 0 Å². The highest BCUT2D eigenvalue weighted by atomic mass is 16.6. The Labute approximate surface area is 112 Å². The predicted octanol–water partition coefficient (Wildman–Crippen LogP) is 3.33. The molecule has 0 spiro atoms. The number of anilines is 1. The summed E-state index contributed by atoms with van der Waals surface area (Å²) in [6.07, 6.45) is 2.44. The van der Waals surface area contributed by atoms with E-state index in [0.29, 0.717) is 6.54 Å². The molecule has 19 heavy (non-hydrogen) atoms. The van der Waals surface area contributed by atoms with Crippen LogP contribution in [0, 0.1) is 6.57 Å². The minimum absolute atomic E-state index is 0.00908. The van der Waals surface area contributed by atoms with E-state index >= 15 is 0 Å². The van der Waals surface area contributed by atoms with Gasteiger partial charge in [-0.2, -0.15) is 0 Å². The lowest BCUT2D eigenvalue weighted by Crippen LogP contribution is -2.24. The summed E-state index contributed by atoms with van der Waals surface area (Å²) < 4.78 is 5.25. The van der Waals surface area contributed by atoms with E-state index in [1.54, 1.807) is 4.90 Å². The molecule has 98 valence electrons. The third-order valence-electron chi connectivity index (χ3n) is 3.98. The molecule has 3 rings (SSSR count). The van der Waals surface area contributed by atoms with Gasteiger partial charge in [0.2, 0.25) is 0 Å². The van der Waals surface area contributed by atoms with Crippen molar-refractivity contribution in [3.8, 4) is 0 Å². The molecule has 0 aromatic heterocycles. The average molecular weight is 256 g/mol. The maximum Gasteiger partial charge on any atom is 0.414 e. The maximum absolute atomic E-state index is 11.7. The van der Waals surface area contributed by atoms with Gasteiger partial charge in [0.25, 0.3) is 5.54 Å². The van der Waals surface area contributed by atoms with Crippen LogP contribution in [0.1, 0.15) is 31.7 Å². The highest BCUT2D eigenvalue weighted by molar-refractivity contribution is 5.89. The molecule has 0 N–H and O–H groups in total. The number of carbonyl (C=O) groups excluding carboxylic acids is 1. The van der Waals surface area contributed by atoms with E-state index in [9.17, 15) is 4.79 Å². The SMILES string of the molecule is [C-]#[N+]C1(c2ccc(N3C[C@H](CC)OC3=O)cc2)CC1. The van der Waals surface area contributed by atoms with Crippen LogP contribution in [0.2, 0.25) is 0 Å². The monoisotopic (exact) mass is 256 g/mol. The summed E-state index contributed by atoms with van der Waals surface area (Å²) in [4.78, 5) is 17.1. The molecule has 0 bridgehead atoms. The minimum Gasteiger partial charge on any atom is -0.444 e. The highest BCUT2D eigenvalue weighted by Gasteiger charge is 2.52. The van der Waals surface area contributed by atoms with Crippen LogP contribution in [-0.4, -0.2) is 18.7 Å². The lowest BCUT2D eigenvalue weighted by molar-refractivity contribution is 0.139. The first-order chi connectivity index (χ1) is 9.18. The third kappa shape index (κ3) is 1.95. The zero-order chi connectivity index (χ0) is 13.5. The Balaban J connectivity index is 1.80. The van der Waals surface area contributed by atoms with Crippen molar-refractivity contribution >= 4 is 11.8 Å². The van der Waals surface area contributed by atoms with Crippen LogP contribution in [0.5, 0.6) is 0 Å². The smallest absolute Gasteiger partial charge is 0.414 e. The summed E-state index contributed by atoms with van der Waals surface area (Å²) in [5.74, 6) is 0. The number of cyclic esters (lactones) is 1. The quantitative estimate of drug-likeness (QED) is 0.777. The maximum atomic E-state index is 11.7.